The normalized spacial score (nSPS) is 12.0. The standard InChI is InChI=1S/C14H15BrN2O3/c1-8-4-5-12(11(15)6-8)19-10(3)14(18)16-13-7-9(2)20-17-13/h4-7,10H,1-3H3,(H,16,17,18). The lowest BCUT2D eigenvalue weighted by atomic mass is 10.2. The van der Waals surface area contributed by atoms with Gasteiger partial charge in [-0.15, -0.1) is 0 Å². The lowest BCUT2D eigenvalue weighted by Crippen LogP contribution is -2.30. The Morgan fingerprint density at radius 3 is 2.75 bits per heavy atom. The molecule has 1 unspecified atom stereocenters. The van der Waals surface area contributed by atoms with Gasteiger partial charge in [-0.1, -0.05) is 11.2 Å². The second-order valence-corrected chi connectivity index (χ2v) is 5.36. The maximum absolute atomic E-state index is 12.0. The molecule has 106 valence electrons. The Morgan fingerprint density at radius 1 is 1.40 bits per heavy atom. The fourth-order valence-corrected chi connectivity index (χ4v) is 2.19. The largest absolute Gasteiger partial charge is 0.480 e. The Morgan fingerprint density at radius 2 is 2.15 bits per heavy atom. The van der Waals surface area contributed by atoms with E-state index in [1.807, 2.05) is 25.1 Å². The summed E-state index contributed by atoms with van der Waals surface area (Å²) in [4.78, 5) is 12.0. The Hall–Kier alpha value is -1.82. The summed E-state index contributed by atoms with van der Waals surface area (Å²) in [5.41, 5.74) is 1.11. The van der Waals surface area contributed by atoms with Gasteiger partial charge >= 0.3 is 0 Å². The van der Waals surface area contributed by atoms with Crippen LogP contribution in [0.2, 0.25) is 0 Å². The van der Waals surface area contributed by atoms with Crippen LogP contribution in [-0.4, -0.2) is 17.2 Å². The topological polar surface area (TPSA) is 64.4 Å². The highest BCUT2D eigenvalue weighted by Gasteiger charge is 2.17. The van der Waals surface area contributed by atoms with E-state index >= 15 is 0 Å². The predicted octanol–water partition coefficient (Wildman–Crippen LogP) is 3.46. The minimum atomic E-state index is -0.647. The van der Waals surface area contributed by atoms with Crippen LogP contribution in [0.4, 0.5) is 5.82 Å². The number of carbonyl (C=O) groups is 1. The molecule has 6 heteroatoms. The minimum Gasteiger partial charge on any atom is -0.480 e. The van der Waals surface area contributed by atoms with Gasteiger partial charge in [-0.2, -0.15) is 0 Å². The number of aryl methyl sites for hydroxylation is 2. The number of hydrogen-bond acceptors (Lipinski definition) is 4. The van der Waals surface area contributed by atoms with Gasteiger partial charge < -0.3 is 14.6 Å². The molecule has 2 aromatic rings. The van der Waals surface area contributed by atoms with Crippen molar-refractivity contribution < 1.29 is 14.1 Å². The molecule has 0 fully saturated rings. The molecule has 0 saturated heterocycles. The molecule has 1 N–H and O–H groups in total. The number of anilines is 1. The smallest absolute Gasteiger partial charge is 0.266 e. The summed E-state index contributed by atoms with van der Waals surface area (Å²) >= 11 is 3.41. The molecular weight excluding hydrogens is 324 g/mol. The first-order chi connectivity index (χ1) is 9.45. The Balaban J connectivity index is 2.00. The van der Waals surface area contributed by atoms with E-state index in [9.17, 15) is 4.79 Å². The van der Waals surface area contributed by atoms with Crippen molar-refractivity contribution in [1.29, 1.82) is 0 Å². The van der Waals surface area contributed by atoms with Crippen LogP contribution in [0.5, 0.6) is 5.75 Å². The van der Waals surface area contributed by atoms with Gasteiger partial charge in [0, 0.05) is 6.07 Å². The lowest BCUT2D eigenvalue weighted by molar-refractivity contribution is -0.122. The number of aromatic nitrogens is 1. The van der Waals surface area contributed by atoms with E-state index in [1.165, 1.54) is 0 Å². The number of hydrogen-bond donors (Lipinski definition) is 1. The van der Waals surface area contributed by atoms with E-state index in [-0.39, 0.29) is 5.91 Å². The monoisotopic (exact) mass is 338 g/mol. The highest BCUT2D eigenvalue weighted by atomic mass is 79.9. The molecule has 0 radical (unpaired) electrons. The molecule has 1 amide bonds. The first kappa shape index (κ1) is 14.6. The molecule has 20 heavy (non-hydrogen) atoms. The number of halogens is 1. The minimum absolute atomic E-state index is 0.286. The van der Waals surface area contributed by atoms with Gasteiger partial charge in [0.05, 0.1) is 4.47 Å². The number of nitrogens with zero attached hydrogens (tertiary/aromatic N) is 1. The number of carbonyl (C=O) groups excluding carboxylic acids is 1. The van der Waals surface area contributed by atoms with Crippen molar-refractivity contribution >= 4 is 27.7 Å². The zero-order valence-corrected chi connectivity index (χ0v) is 13.0. The number of nitrogens with one attached hydrogen (secondary N) is 1. The van der Waals surface area contributed by atoms with E-state index in [4.69, 9.17) is 9.26 Å². The molecular formula is C14H15BrN2O3. The van der Waals surface area contributed by atoms with Crippen molar-refractivity contribution in [3.05, 3.63) is 40.1 Å². The highest BCUT2D eigenvalue weighted by Crippen LogP contribution is 2.26. The molecule has 1 aromatic carbocycles. The molecule has 2 rings (SSSR count). The summed E-state index contributed by atoms with van der Waals surface area (Å²) in [5.74, 6) is 1.35. The van der Waals surface area contributed by atoms with Crippen molar-refractivity contribution in [3.63, 3.8) is 0 Å². The first-order valence-electron chi connectivity index (χ1n) is 6.12. The maximum atomic E-state index is 12.0. The van der Waals surface area contributed by atoms with Gasteiger partial charge in [0.25, 0.3) is 5.91 Å². The summed E-state index contributed by atoms with van der Waals surface area (Å²) < 4.78 is 11.3. The third-order valence-electron chi connectivity index (χ3n) is 2.64. The number of benzene rings is 1. The molecule has 0 spiro atoms. The van der Waals surface area contributed by atoms with E-state index in [0.717, 1.165) is 10.0 Å². The molecule has 0 bridgehead atoms. The summed E-state index contributed by atoms with van der Waals surface area (Å²) in [5, 5.41) is 6.33. The average molecular weight is 339 g/mol. The summed E-state index contributed by atoms with van der Waals surface area (Å²) in [6.07, 6.45) is -0.647. The Kier molecular flexibility index (Phi) is 4.44. The zero-order valence-electron chi connectivity index (χ0n) is 11.4. The van der Waals surface area contributed by atoms with Crippen LogP contribution >= 0.6 is 15.9 Å². The molecule has 1 heterocycles. The van der Waals surface area contributed by atoms with Crippen molar-refractivity contribution in [2.75, 3.05) is 5.32 Å². The molecule has 0 aliphatic heterocycles. The molecule has 0 aliphatic rings. The second-order valence-electron chi connectivity index (χ2n) is 4.51. The van der Waals surface area contributed by atoms with Crippen molar-refractivity contribution in [2.24, 2.45) is 0 Å². The summed E-state index contributed by atoms with van der Waals surface area (Å²) in [7, 11) is 0. The van der Waals surface area contributed by atoms with Crippen LogP contribution in [0.25, 0.3) is 0 Å². The molecule has 0 saturated carbocycles. The lowest BCUT2D eigenvalue weighted by Gasteiger charge is -2.15. The van der Waals surface area contributed by atoms with Crippen LogP contribution < -0.4 is 10.1 Å². The van der Waals surface area contributed by atoms with Gasteiger partial charge in [-0.3, -0.25) is 4.79 Å². The third-order valence-corrected chi connectivity index (χ3v) is 3.26. The Labute approximate surface area is 125 Å². The first-order valence-corrected chi connectivity index (χ1v) is 6.92. The number of ether oxygens (including phenoxy) is 1. The molecule has 1 atom stereocenters. The maximum Gasteiger partial charge on any atom is 0.266 e. The van der Waals surface area contributed by atoms with E-state index in [1.54, 1.807) is 19.9 Å². The van der Waals surface area contributed by atoms with E-state index in [2.05, 4.69) is 26.4 Å². The van der Waals surface area contributed by atoms with Crippen LogP contribution in [0, 0.1) is 13.8 Å². The number of amides is 1. The fourth-order valence-electron chi connectivity index (χ4n) is 1.60. The van der Waals surface area contributed by atoms with Gasteiger partial charge in [0.1, 0.15) is 11.5 Å². The van der Waals surface area contributed by atoms with Crippen molar-refractivity contribution in [1.82, 2.24) is 5.16 Å². The second kappa shape index (κ2) is 6.09. The SMILES string of the molecule is Cc1ccc(OC(C)C(=O)Nc2cc(C)on2)c(Br)c1. The number of rotatable bonds is 4. The summed E-state index contributed by atoms with van der Waals surface area (Å²) in [6.45, 7) is 5.41. The average Bonchev–Trinajstić information content (AvgIpc) is 2.78. The third kappa shape index (κ3) is 3.60. The predicted molar refractivity (Wildman–Crippen MR) is 78.8 cm³/mol. The quantitative estimate of drug-likeness (QED) is 0.927. The zero-order chi connectivity index (χ0) is 14.7. The van der Waals surface area contributed by atoms with E-state index in [0.29, 0.717) is 17.3 Å². The molecule has 1 aromatic heterocycles. The van der Waals surface area contributed by atoms with Crippen LogP contribution in [0.1, 0.15) is 18.2 Å². The van der Waals surface area contributed by atoms with Crippen LogP contribution in [-0.2, 0) is 4.79 Å². The highest BCUT2D eigenvalue weighted by molar-refractivity contribution is 9.10. The van der Waals surface area contributed by atoms with Crippen molar-refractivity contribution in [2.45, 2.75) is 26.9 Å². The molecule has 5 nitrogen and oxygen atoms in total. The fraction of sp³-hybridized carbons (Fsp3) is 0.286. The molecule has 0 aliphatic carbocycles. The van der Waals surface area contributed by atoms with E-state index < -0.39 is 6.10 Å². The summed E-state index contributed by atoms with van der Waals surface area (Å²) in [6, 6.07) is 7.32. The van der Waals surface area contributed by atoms with Crippen LogP contribution in [0.15, 0.2) is 33.3 Å². The van der Waals surface area contributed by atoms with Gasteiger partial charge in [0.15, 0.2) is 11.9 Å². The van der Waals surface area contributed by atoms with Crippen molar-refractivity contribution in [3.8, 4) is 5.75 Å². The van der Waals surface area contributed by atoms with Crippen LogP contribution in [0.3, 0.4) is 0 Å². The van der Waals surface area contributed by atoms with Gasteiger partial charge in [0.2, 0.25) is 0 Å². The van der Waals surface area contributed by atoms with Gasteiger partial charge in [-0.05, 0) is 54.4 Å². The Bertz CT molecular complexity index is 625. The van der Waals surface area contributed by atoms with Gasteiger partial charge in [-0.25, -0.2) is 0 Å².